The lowest BCUT2D eigenvalue weighted by molar-refractivity contribution is -0.161. The molecule has 0 aliphatic rings. The van der Waals surface area contributed by atoms with Crippen LogP contribution in [-0.4, -0.2) is 96.7 Å². The summed E-state index contributed by atoms with van der Waals surface area (Å²) < 4.78 is 68.1. The summed E-state index contributed by atoms with van der Waals surface area (Å²) in [7, 11) is -9.89. The van der Waals surface area contributed by atoms with Crippen molar-refractivity contribution >= 4 is 39.5 Å². The lowest BCUT2D eigenvalue weighted by Gasteiger charge is -2.21. The Hall–Kier alpha value is -1.94. The Labute approximate surface area is 517 Å². The van der Waals surface area contributed by atoms with Gasteiger partial charge in [0.1, 0.15) is 19.3 Å². The molecule has 0 saturated carbocycles. The first-order chi connectivity index (χ1) is 40.6. The van der Waals surface area contributed by atoms with Gasteiger partial charge in [-0.1, -0.05) is 267 Å². The van der Waals surface area contributed by atoms with Crippen molar-refractivity contribution in [3.63, 3.8) is 0 Å². The molecule has 0 heterocycles. The molecule has 85 heavy (non-hydrogen) atoms. The molecule has 19 heteroatoms. The average Bonchev–Trinajstić information content (AvgIpc) is 3.58. The Morgan fingerprint density at radius 1 is 0.329 bits per heavy atom. The van der Waals surface area contributed by atoms with Gasteiger partial charge in [0.15, 0.2) is 12.2 Å². The molecule has 0 aromatic rings. The number of phosphoric acid groups is 2. The van der Waals surface area contributed by atoms with Gasteiger partial charge in [-0.15, -0.1) is 0 Å². The van der Waals surface area contributed by atoms with E-state index in [9.17, 15) is 43.2 Å². The zero-order valence-corrected chi connectivity index (χ0v) is 57.0. The number of ether oxygens (including phenoxy) is 4. The Balaban J connectivity index is 5.26. The monoisotopic (exact) mass is 1250 g/mol. The highest BCUT2D eigenvalue weighted by atomic mass is 31.2. The smallest absolute Gasteiger partial charge is 0.462 e. The SMILES string of the molecule is CCC(C)CCCCCCCCCCC(=O)OC[C@H](COP(=O)(O)OCC(O)COP(=O)(O)OC[C@@H](COC(=O)CCCCCCCCCC(C)C)OC(=O)CCCCCCCCCCCCC(C)C)OC(=O)CCCCCCCCCC(C)C. The van der Waals surface area contributed by atoms with Crippen LogP contribution in [0.4, 0.5) is 0 Å². The molecule has 0 spiro atoms. The molecule has 0 aromatic carbocycles. The van der Waals surface area contributed by atoms with Crippen molar-refractivity contribution in [2.24, 2.45) is 23.7 Å². The predicted molar refractivity (Wildman–Crippen MR) is 340 cm³/mol. The van der Waals surface area contributed by atoms with E-state index in [4.69, 9.17) is 37.0 Å². The second kappa shape index (κ2) is 56.1. The minimum absolute atomic E-state index is 0.102. The number of unbranched alkanes of at least 4 members (excludes halogenated alkanes) is 28. The van der Waals surface area contributed by atoms with Crippen LogP contribution in [0.1, 0.15) is 319 Å². The Kier molecular flexibility index (Phi) is 54.8. The van der Waals surface area contributed by atoms with Crippen LogP contribution >= 0.6 is 15.6 Å². The number of rotatable bonds is 63. The molecular formula is C66H128O17P2. The topological polar surface area (TPSA) is 237 Å². The molecule has 0 saturated heterocycles. The third-order valence-corrected chi connectivity index (χ3v) is 17.3. The fraction of sp³-hybridized carbons (Fsp3) is 0.939. The number of hydrogen-bond donors (Lipinski definition) is 3. The maximum absolute atomic E-state index is 13.0. The van der Waals surface area contributed by atoms with Crippen molar-refractivity contribution < 1.29 is 80.2 Å². The van der Waals surface area contributed by atoms with Crippen LogP contribution < -0.4 is 0 Å². The van der Waals surface area contributed by atoms with Crippen molar-refractivity contribution in [3.8, 4) is 0 Å². The first-order valence-corrected chi connectivity index (χ1v) is 37.2. The molecule has 0 bridgehead atoms. The van der Waals surface area contributed by atoms with Crippen LogP contribution in [0, 0.1) is 23.7 Å². The maximum atomic E-state index is 13.0. The number of carbonyl (C=O) groups is 4. The lowest BCUT2D eigenvalue weighted by Crippen LogP contribution is -2.30. The molecule has 0 aliphatic heterocycles. The fourth-order valence-electron chi connectivity index (χ4n) is 9.75. The van der Waals surface area contributed by atoms with Crippen molar-refractivity contribution in [1.82, 2.24) is 0 Å². The Bertz CT molecular complexity index is 1700. The zero-order chi connectivity index (χ0) is 63.2. The van der Waals surface area contributed by atoms with Gasteiger partial charge < -0.3 is 33.8 Å². The molecule has 0 rings (SSSR count). The summed E-state index contributed by atoms with van der Waals surface area (Å²) in [5.74, 6) is 0.792. The number of phosphoric ester groups is 2. The van der Waals surface area contributed by atoms with Gasteiger partial charge in [0.05, 0.1) is 26.4 Å². The van der Waals surface area contributed by atoms with E-state index in [1.807, 2.05) is 0 Å². The quantitative estimate of drug-likeness (QED) is 0.0222. The molecule has 0 aromatic heterocycles. The van der Waals surface area contributed by atoms with Crippen LogP contribution in [0.25, 0.3) is 0 Å². The van der Waals surface area contributed by atoms with E-state index in [2.05, 4.69) is 55.4 Å². The van der Waals surface area contributed by atoms with E-state index < -0.39 is 97.5 Å². The van der Waals surface area contributed by atoms with Crippen molar-refractivity contribution in [1.29, 1.82) is 0 Å². The maximum Gasteiger partial charge on any atom is 0.472 e. The molecule has 3 N–H and O–H groups in total. The van der Waals surface area contributed by atoms with Gasteiger partial charge in [0.2, 0.25) is 0 Å². The number of aliphatic hydroxyl groups is 1. The number of aliphatic hydroxyl groups excluding tert-OH is 1. The van der Waals surface area contributed by atoms with Crippen molar-refractivity contribution in [3.05, 3.63) is 0 Å². The Morgan fingerprint density at radius 2 is 0.565 bits per heavy atom. The molecule has 4 unspecified atom stereocenters. The summed E-state index contributed by atoms with van der Waals surface area (Å²) in [6, 6.07) is 0. The Morgan fingerprint density at radius 3 is 0.835 bits per heavy atom. The largest absolute Gasteiger partial charge is 0.472 e. The fourth-order valence-corrected chi connectivity index (χ4v) is 11.3. The highest BCUT2D eigenvalue weighted by Gasteiger charge is 2.30. The first kappa shape index (κ1) is 83.1. The number of carbonyl (C=O) groups excluding carboxylic acids is 4. The van der Waals surface area contributed by atoms with E-state index in [1.54, 1.807) is 0 Å². The predicted octanol–water partition coefficient (Wildman–Crippen LogP) is 18.1. The van der Waals surface area contributed by atoms with Crippen LogP contribution in [0.15, 0.2) is 0 Å². The van der Waals surface area contributed by atoms with Crippen molar-refractivity contribution in [2.45, 2.75) is 337 Å². The zero-order valence-electron chi connectivity index (χ0n) is 55.2. The molecule has 0 aliphatic carbocycles. The summed E-state index contributed by atoms with van der Waals surface area (Å²) >= 11 is 0. The molecule has 17 nitrogen and oxygen atoms in total. The van der Waals surface area contributed by atoms with E-state index in [-0.39, 0.29) is 25.7 Å². The normalized spacial score (nSPS) is 14.7. The van der Waals surface area contributed by atoms with E-state index in [0.29, 0.717) is 37.5 Å². The van der Waals surface area contributed by atoms with E-state index in [1.165, 1.54) is 116 Å². The minimum atomic E-state index is -4.95. The van der Waals surface area contributed by atoms with Crippen LogP contribution in [-0.2, 0) is 65.4 Å². The summed E-state index contributed by atoms with van der Waals surface area (Å²) in [6.07, 6.45) is 36.3. The van der Waals surface area contributed by atoms with Gasteiger partial charge in [-0.2, -0.15) is 0 Å². The van der Waals surface area contributed by atoms with Gasteiger partial charge in [-0.05, 0) is 49.4 Å². The molecule has 0 amide bonds. The van der Waals surface area contributed by atoms with Gasteiger partial charge in [0.25, 0.3) is 0 Å². The molecular weight excluding hydrogens is 1130 g/mol. The highest BCUT2D eigenvalue weighted by molar-refractivity contribution is 7.47. The number of esters is 4. The summed E-state index contributed by atoms with van der Waals surface area (Å²) in [5, 5.41) is 10.5. The van der Waals surface area contributed by atoms with Crippen LogP contribution in [0.2, 0.25) is 0 Å². The van der Waals surface area contributed by atoms with Gasteiger partial charge in [-0.3, -0.25) is 37.3 Å². The van der Waals surface area contributed by atoms with Crippen molar-refractivity contribution in [2.75, 3.05) is 39.6 Å². The summed E-state index contributed by atoms with van der Waals surface area (Å²) in [6.45, 7) is 14.0. The lowest BCUT2D eigenvalue weighted by atomic mass is 9.99. The molecule has 0 fully saturated rings. The van der Waals surface area contributed by atoms with Gasteiger partial charge in [0, 0.05) is 25.7 Å². The van der Waals surface area contributed by atoms with Crippen LogP contribution in [0.5, 0.6) is 0 Å². The first-order valence-electron chi connectivity index (χ1n) is 34.2. The highest BCUT2D eigenvalue weighted by Crippen LogP contribution is 2.45. The summed E-state index contributed by atoms with van der Waals surface area (Å²) in [4.78, 5) is 72.3. The minimum Gasteiger partial charge on any atom is -0.462 e. The second-order valence-electron chi connectivity index (χ2n) is 25.5. The molecule has 504 valence electrons. The number of hydrogen-bond acceptors (Lipinski definition) is 15. The van der Waals surface area contributed by atoms with E-state index >= 15 is 0 Å². The molecule has 0 radical (unpaired) electrons. The molecule has 6 atom stereocenters. The average molecular weight is 1260 g/mol. The van der Waals surface area contributed by atoms with Gasteiger partial charge >= 0.3 is 39.5 Å². The van der Waals surface area contributed by atoms with Crippen LogP contribution in [0.3, 0.4) is 0 Å². The third kappa shape index (κ3) is 59.5. The van der Waals surface area contributed by atoms with E-state index in [0.717, 1.165) is 108 Å². The third-order valence-electron chi connectivity index (χ3n) is 15.4. The van der Waals surface area contributed by atoms with Gasteiger partial charge in [-0.25, -0.2) is 9.13 Å². The summed E-state index contributed by atoms with van der Waals surface area (Å²) in [5.41, 5.74) is 0. The second-order valence-corrected chi connectivity index (χ2v) is 28.4. The standard InChI is InChI=1S/C66H128O17P2/c1-9-59(8)45-37-29-21-14-15-22-30-38-46-63(68)76-52-62(83-66(71)49-41-33-25-17-20-28-36-44-58(6)7)55-81-85(74,75)79-51-60(67)50-78-84(72,73)80-54-61(53-77-64(69)47-39-31-24-16-19-27-35-43-57(4)5)82-65(70)48-40-32-23-13-11-10-12-18-26-34-42-56(2)3/h56-62,67H,9-55H2,1-8H3,(H,72,73)(H,74,75)/t59?,60?,61-,62-/m1/s1.